The molecule has 1 aromatic heterocycles. The molecule has 4 nitrogen and oxygen atoms in total. The molecule has 1 aromatic carbocycles. The quantitative estimate of drug-likeness (QED) is 0.936. The van der Waals surface area contributed by atoms with Crippen molar-refractivity contribution in [3.63, 3.8) is 0 Å². The molecule has 22 heavy (non-hydrogen) atoms. The van der Waals surface area contributed by atoms with Crippen LogP contribution < -0.4 is 0 Å². The van der Waals surface area contributed by atoms with Gasteiger partial charge >= 0.3 is 0 Å². The number of phenols is 1. The zero-order valence-electron chi connectivity index (χ0n) is 13.1. The molecule has 0 aliphatic carbocycles. The monoisotopic (exact) mass is 297 g/mol. The molecule has 1 fully saturated rings. The second kappa shape index (κ2) is 6.88. The van der Waals surface area contributed by atoms with Crippen molar-refractivity contribution in [2.45, 2.75) is 45.2 Å². The first kappa shape index (κ1) is 15.0. The highest BCUT2D eigenvalue weighted by Crippen LogP contribution is 2.28. The van der Waals surface area contributed by atoms with Crippen LogP contribution in [0.4, 0.5) is 0 Å². The summed E-state index contributed by atoms with van der Waals surface area (Å²) in [6, 6.07) is 8.09. The molecular formula is C18H23N3O. The van der Waals surface area contributed by atoms with E-state index in [4.69, 9.17) is 0 Å². The van der Waals surface area contributed by atoms with Crippen molar-refractivity contribution in [1.82, 2.24) is 14.9 Å². The maximum Gasteiger partial charge on any atom is 0.159 e. The van der Waals surface area contributed by atoms with Crippen molar-refractivity contribution < 1.29 is 5.11 Å². The fourth-order valence-electron chi connectivity index (χ4n) is 3.25. The summed E-state index contributed by atoms with van der Waals surface area (Å²) in [6.45, 7) is 4.16. The van der Waals surface area contributed by atoms with Gasteiger partial charge in [-0.2, -0.15) is 0 Å². The minimum Gasteiger partial charge on any atom is -0.508 e. The van der Waals surface area contributed by atoms with Crippen LogP contribution in [0.15, 0.2) is 36.7 Å². The first-order valence-corrected chi connectivity index (χ1v) is 8.11. The van der Waals surface area contributed by atoms with Crippen molar-refractivity contribution in [2.24, 2.45) is 0 Å². The van der Waals surface area contributed by atoms with Crippen LogP contribution in [-0.2, 0) is 6.54 Å². The van der Waals surface area contributed by atoms with Crippen molar-refractivity contribution in [3.8, 4) is 17.1 Å². The van der Waals surface area contributed by atoms with Crippen molar-refractivity contribution >= 4 is 0 Å². The van der Waals surface area contributed by atoms with E-state index in [0.29, 0.717) is 17.6 Å². The molecule has 0 unspecified atom stereocenters. The second-order valence-corrected chi connectivity index (χ2v) is 5.94. The van der Waals surface area contributed by atoms with Gasteiger partial charge in [-0.3, -0.25) is 4.90 Å². The van der Waals surface area contributed by atoms with Gasteiger partial charge in [0.25, 0.3) is 0 Å². The number of rotatable bonds is 4. The van der Waals surface area contributed by atoms with E-state index < -0.39 is 0 Å². The van der Waals surface area contributed by atoms with E-state index in [-0.39, 0.29) is 0 Å². The van der Waals surface area contributed by atoms with Crippen LogP contribution in [0.1, 0.15) is 38.2 Å². The lowest BCUT2D eigenvalue weighted by atomic mass is 9.98. The molecular weight excluding hydrogens is 274 g/mol. The fraction of sp³-hybridized carbons (Fsp3) is 0.444. The highest BCUT2D eigenvalue weighted by atomic mass is 16.3. The molecule has 0 spiro atoms. The lowest BCUT2D eigenvalue weighted by molar-refractivity contribution is 0.135. The topological polar surface area (TPSA) is 49.2 Å². The van der Waals surface area contributed by atoms with Gasteiger partial charge in [0.1, 0.15) is 5.75 Å². The Hall–Kier alpha value is -1.94. The Balaban J connectivity index is 1.84. The third kappa shape index (κ3) is 3.28. The van der Waals surface area contributed by atoms with Gasteiger partial charge in [-0.25, -0.2) is 9.97 Å². The van der Waals surface area contributed by atoms with E-state index in [1.165, 1.54) is 25.7 Å². The normalized spacial score (nSPS) is 19.2. The van der Waals surface area contributed by atoms with E-state index in [9.17, 15) is 5.11 Å². The van der Waals surface area contributed by atoms with Gasteiger partial charge in [0.05, 0.1) is 0 Å². The molecule has 116 valence electrons. The minimum absolute atomic E-state index is 0.361. The molecule has 0 amide bonds. The molecule has 1 atom stereocenters. The van der Waals surface area contributed by atoms with E-state index in [0.717, 1.165) is 24.2 Å². The lowest BCUT2D eigenvalue weighted by Gasteiger charge is -2.35. The predicted octanol–water partition coefficient (Wildman–Crippen LogP) is 3.61. The zero-order valence-corrected chi connectivity index (χ0v) is 13.1. The van der Waals surface area contributed by atoms with Gasteiger partial charge in [-0.1, -0.05) is 13.3 Å². The molecule has 0 saturated carbocycles. The Labute approximate surface area is 131 Å². The Morgan fingerprint density at radius 2 is 2.05 bits per heavy atom. The van der Waals surface area contributed by atoms with Gasteiger partial charge in [-0.15, -0.1) is 0 Å². The molecule has 1 aliphatic rings. The number of nitrogens with zero attached hydrogens (tertiary/aromatic N) is 3. The standard InChI is InChI=1S/C18H23N3O/c1-2-16-6-3-4-11-21(16)13-15-12-14(7-8-17(15)22)18-19-9-5-10-20-18/h5,7-10,12,16,22H,2-4,6,11,13H2,1H3/t16-/m1/s1. The number of aromatic nitrogens is 2. The molecule has 1 aliphatic heterocycles. The highest BCUT2D eigenvalue weighted by molar-refractivity contribution is 5.58. The van der Waals surface area contributed by atoms with Crippen LogP contribution in [0.3, 0.4) is 0 Å². The minimum atomic E-state index is 0.361. The average Bonchev–Trinajstić information content (AvgIpc) is 2.58. The predicted molar refractivity (Wildman–Crippen MR) is 87.5 cm³/mol. The summed E-state index contributed by atoms with van der Waals surface area (Å²) in [7, 11) is 0. The molecule has 2 heterocycles. The van der Waals surface area contributed by atoms with Crippen LogP contribution >= 0.6 is 0 Å². The van der Waals surface area contributed by atoms with Crippen molar-refractivity contribution in [1.29, 1.82) is 0 Å². The molecule has 1 N–H and O–H groups in total. The van der Waals surface area contributed by atoms with Crippen LogP contribution in [0.2, 0.25) is 0 Å². The molecule has 3 rings (SSSR count). The molecule has 0 radical (unpaired) electrons. The average molecular weight is 297 g/mol. The largest absolute Gasteiger partial charge is 0.508 e. The summed E-state index contributed by atoms with van der Waals surface area (Å²) in [5, 5.41) is 10.2. The Kier molecular flexibility index (Phi) is 4.68. The number of aromatic hydroxyl groups is 1. The summed E-state index contributed by atoms with van der Waals surface area (Å²) in [5.74, 6) is 1.06. The molecule has 0 bridgehead atoms. The van der Waals surface area contributed by atoms with Crippen LogP contribution in [-0.4, -0.2) is 32.6 Å². The number of hydrogen-bond acceptors (Lipinski definition) is 4. The Morgan fingerprint density at radius 3 is 2.82 bits per heavy atom. The lowest BCUT2D eigenvalue weighted by Crippen LogP contribution is -2.38. The number of likely N-dealkylation sites (tertiary alicyclic amines) is 1. The third-order valence-corrected chi connectivity index (χ3v) is 4.50. The number of phenolic OH excluding ortho intramolecular Hbond substituents is 1. The third-order valence-electron chi connectivity index (χ3n) is 4.50. The summed E-state index contributed by atoms with van der Waals surface area (Å²) in [6.07, 6.45) is 8.48. The summed E-state index contributed by atoms with van der Waals surface area (Å²) in [4.78, 5) is 11.1. The van der Waals surface area contributed by atoms with Gasteiger partial charge in [0, 0.05) is 36.1 Å². The maximum absolute atomic E-state index is 10.2. The smallest absolute Gasteiger partial charge is 0.159 e. The van der Waals surface area contributed by atoms with E-state index in [2.05, 4.69) is 21.8 Å². The number of hydrogen-bond donors (Lipinski definition) is 1. The first-order valence-electron chi connectivity index (χ1n) is 8.11. The molecule has 4 heteroatoms. The van der Waals surface area contributed by atoms with E-state index in [1.807, 2.05) is 18.2 Å². The van der Waals surface area contributed by atoms with Gasteiger partial charge in [0.15, 0.2) is 5.82 Å². The highest BCUT2D eigenvalue weighted by Gasteiger charge is 2.21. The van der Waals surface area contributed by atoms with Gasteiger partial charge in [0.2, 0.25) is 0 Å². The van der Waals surface area contributed by atoms with Gasteiger partial charge in [-0.05, 0) is 50.1 Å². The summed E-state index contributed by atoms with van der Waals surface area (Å²) in [5.41, 5.74) is 1.92. The second-order valence-electron chi connectivity index (χ2n) is 5.94. The molecule has 1 saturated heterocycles. The van der Waals surface area contributed by atoms with Crippen molar-refractivity contribution in [2.75, 3.05) is 6.54 Å². The van der Waals surface area contributed by atoms with Crippen LogP contribution in [0.5, 0.6) is 5.75 Å². The van der Waals surface area contributed by atoms with Crippen LogP contribution in [0.25, 0.3) is 11.4 Å². The summed E-state index contributed by atoms with van der Waals surface area (Å²) >= 11 is 0. The maximum atomic E-state index is 10.2. The zero-order chi connectivity index (χ0) is 15.4. The Bertz CT molecular complexity index is 615. The molecule has 2 aromatic rings. The van der Waals surface area contributed by atoms with Gasteiger partial charge < -0.3 is 5.11 Å². The first-order chi connectivity index (χ1) is 10.8. The van der Waals surface area contributed by atoms with E-state index >= 15 is 0 Å². The Morgan fingerprint density at radius 1 is 1.23 bits per heavy atom. The number of benzene rings is 1. The van der Waals surface area contributed by atoms with E-state index in [1.54, 1.807) is 18.5 Å². The fourth-order valence-corrected chi connectivity index (χ4v) is 3.25. The SMILES string of the molecule is CC[C@@H]1CCCCN1Cc1cc(-c2ncccn2)ccc1O. The summed E-state index contributed by atoms with van der Waals surface area (Å²) < 4.78 is 0. The number of piperidine rings is 1. The van der Waals surface area contributed by atoms with Crippen molar-refractivity contribution in [3.05, 3.63) is 42.2 Å². The van der Waals surface area contributed by atoms with Crippen LogP contribution in [0, 0.1) is 0 Å².